The van der Waals surface area contributed by atoms with Crippen molar-refractivity contribution in [1.82, 2.24) is 34.4 Å². The average Bonchev–Trinajstić information content (AvgIpc) is 3.42. The molecule has 11 nitrogen and oxygen atoms in total. The second-order valence-corrected chi connectivity index (χ2v) is 11.8. The van der Waals surface area contributed by atoms with Gasteiger partial charge in [0.05, 0.1) is 5.52 Å². The zero-order chi connectivity index (χ0) is 29.4. The van der Waals surface area contributed by atoms with Crippen LogP contribution in [0.3, 0.4) is 0 Å². The number of carbonyl (C=O) groups excluding carboxylic acids is 1. The normalized spacial score (nSPS) is 15.8. The van der Waals surface area contributed by atoms with Crippen LogP contribution in [-0.2, 0) is 11.2 Å². The average molecular weight is 566 g/mol. The molecule has 1 fully saturated rings. The molecule has 216 valence electrons. The van der Waals surface area contributed by atoms with E-state index in [0.29, 0.717) is 31.0 Å². The summed E-state index contributed by atoms with van der Waals surface area (Å²) in [6, 6.07) is 14.5. The highest BCUT2D eigenvalue weighted by molar-refractivity contribution is 5.88. The Labute approximate surface area is 244 Å². The van der Waals surface area contributed by atoms with E-state index in [2.05, 4.69) is 74.4 Å². The van der Waals surface area contributed by atoms with Crippen LogP contribution < -0.4 is 10.2 Å². The summed E-state index contributed by atoms with van der Waals surface area (Å²) in [5.41, 5.74) is 6.28. The Morgan fingerprint density at radius 3 is 2.69 bits per heavy atom. The van der Waals surface area contributed by atoms with Crippen molar-refractivity contribution in [2.24, 2.45) is 0 Å². The van der Waals surface area contributed by atoms with E-state index in [0.717, 1.165) is 29.1 Å². The summed E-state index contributed by atoms with van der Waals surface area (Å²) in [5, 5.41) is 7.63. The first-order valence-corrected chi connectivity index (χ1v) is 14.1. The quantitative estimate of drug-likeness (QED) is 0.309. The van der Waals surface area contributed by atoms with Crippen molar-refractivity contribution in [3.05, 3.63) is 78.0 Å². The fourth-order valence-corrected chi connectivity index (χ4v) is 5.27. The van der Waals surface area contributed by atoms with Crippen molar-refractivity contribution < 1.29 is 9.53 Å². The van der Waals surface area contributed by atoms with Gasteiger partial charge in [-0.3, -0.25) is 0 Å². The summed E-state index contributed by atoms with van der Waals surface area (Å²) < 4.78 is 7.34. The second kappa shape index (κ2) is 10.9. The van der Waals surface area contributed by atoms with E-state index in [4.69, 9.17) is 9.72 Å². The van der Waals surface area contributed by atoms with E-state index in [1.165, 1.54) is 16.7 Å². The van der Waals surface area contributed by atoms with Gasteiger partial charge in [0.1, 0.15) is 29.6 Å². The minimum atomic E-state index is -0.521. The third-order valence-electron chi connectivity index (χ3n) is 7.39. The lowest BCUT2D eigenvalue weighted by Gasteiger charge is -2.40. The van der Waals surface area contributed by atoms with Crippen molar-refractivity contribution in [3.8, 4) is 0 Å². The second-order valence-electron chi connectivity index (χ2n) is 11.8. The van der Waals surface area contributed by atoms with Gasteiger partial charge in [-0.25, -0.2) is 29.2 Å². The Kier molecular flexibility index (Phi) is 7.09. The van der Waals surface area contributed by atoms with Crippen LogP contribution in [0.2, 0.25) is 0 Å². The molecule has 0 radical (unpaired) electrons. The molecule has 11 heteroatoms. The zero-order valence-corrected chi connectivity index (χ0v) is 24.6. The number of nitrogens with one attached hydrogen (secondary N) is 1. The van der Waals surface area contributed by atoms with Gasteiger partial charge in [0, 0.05) is 37.6 Å². The molecular formula is C31H35N9O2. The standard InChI is InChI=1S/C31H35N9O2/c1-20-14-24(7-6-23(20)15-22-10-11-40-27(16-22)33-19-35-40)36-29-28-25(32-18-34-29)8-9-26(37-28)39-13-12-38(17-21(39)2)30(41)42-31(3,4)5/h6-11,14,16,18-19,21H,12-13,15,17H2,1-5H3,(H,32,34,36)/t21-/m0/s1. The van der Waals surface area contributed by atoms with E-state index in [1.54, 1.807) is 22.1 Å². The number of piperazine rings is 1. The molecule has 0 aliphatic carbocycles. The first-order chi connectivity index (χ1) is 20.1. The highest BCUT2D eigenvalue weighted by Gasteiger charge is 2.30. The summed E-state index contributed by atoms with van der Waals surface area (Å²) >= 11 is 0. The number of rotatable bonds is 5. The number of carbonyl (C=O) groups is 1. The van der Waals surface area contributed by atoms with Crippen molar-refractivity contribution in [2.75, 3.05) is 29.9 Å². The first-order valence-electron chi connectivity index (χ1n) is 14.1. The summed E-state index contributed by atoms with van der Waals surface area (Å²) in [4.78, 5) is 34.8. The predicted octanol–water partition coefficient (Wildman–Crippen LogP) is 5.16. The molecule has 4 aromatic heterocycles. The minimum absolute atomic E-state index is 0.0675. The van der Waals surface area contributed by atoms with Crippen LogP contribution in [0.15, 0.2) is 61.3 Å². The molecule has 1 aromatic carbocycles. The molecule has 1 atom stereocenters. The molecule has 1 N–H and O–H groups in total. The minimum Gasteiger partial charge on any atom is -0.444 e. The Morgan fingerprint density at radius 1 is 1.05 bits per heavy atom. The first kappa shape index (κ1) is 27.4. The molecule has 0 saturated carbocycles. The summed E-state index contributed by atoms with van der Waals surface area (Å²) in [6.45, 7) is 11.6. The predicted molar refractivity (Wildman–Crippen MR) is 162 cm³/mol. The van der Waals surface area contributed by atoms with Crippen LogP contribution in [0.4, 0.5) is 22.1 Å². The van der Waals surface area contributed by atoms with Gasteiger partial charge in [0.25, 0.3) is 0 Å². The van der Waals surface area contributed by atoms with Gasteiger partial charge in [0.15, 0.2) is 11.5 Å². The number of pyridine rings is 2. The Hall–Kier alpha value is -4.80. The van der Waals surface area contributed by atoms with Crippen LogP contribution in [-0.4, -0.2) is 71.8 Å². The molecule has 6 rings (SSSR count). The molecule has 5 heterocycles. The molecule has 0 unspecified atom stereocenters. The molecule has 1 saturated heterocycles. The van der Waals surface area contributed by atoms with E-state index in [9.17, 15) is 4.79 Å². The van der Waals surface area contributed by atoms with Gasteiger partial charge in [-0.15, -0.1) is 0 Å². The topological polar surface area (TPSA) is 114 Å². The van der Waals surface area contributed by atoms with Gasteiger partial charge in [-0.05, 0) is 94.1 Å². The molecule has 5 aromatic rings. The third-order valence-corrected chi connectivity index (χ3v) is 7.39. The van der Waals surface area contributed by atoms with Gasteiger partial charge < -0.3 is 19.9 Å². The lowest BCUT2D eigenvalue weighted by molar-refractivity contribution is 0.0218. The largest absolute Gasteiger partial charge is 0.444 e. The molecule has 1 aliphatic heterocycles. The Balaban J connectivity index is 1.19. The van der Waals surface area contributed by atoms with Gasteiger partial charge in [-0.1, -0.05) is 6.07 Å². The number of ether oxygens (including phenoxy) is 1. The van der Waals surface area contributed by atoms with Crippen molar-refractivity contribution in [3.63, 3.8) is 0 Å². The summed E-state index contributed by atoms with van der Waals surface area (Å²) in [5.74, 6) is 1.47. The van der Waals surface area contributed by atoms with Crippen molar-refractivity contribution in [1.29, 1.82) is 0 Å². The fourth-order valence-electron chi connectivity index (χ4n) is 5.27. The molecule has 0 spiro atoms. The zero-order valence-electron chi connectivity index (χ0n) is 24.6. The molecule has 1 aliphatic rings. The van der Waals surface area contributed by atoms with E-state index < -0.39 is 5.60 Å². The number of aryl methyl sites for hydroxylation is 1. The molecule has 1 amide bonds. The van der Waals surface area contributed by atoms with Crippen LogP contribution in [0.25, 0.3) is 16.7 Å². The van der Waals surface area contributed by atoms with E-state index in [-0.39, 0.29) is 12.1 Å². The van der Waals surface area contributed by atoms with Crippen molar-refractivity contribution in [2.45, 2.75) is 52.7 Å². The number of hydrogen-bond acceptors (Lipinski definition) is 9. The number of amides is 1. The number of anilines is 3. The fraction of sp³-hybridized carbons (Fsp3) is 0.355. The maximum absolute atomic E-state index is 12.6. The summed E-state index contributed by atoms with van der Waals surface area (Å²) in [6.07, 6.45) is 5.57. The van der Waals surface area contributed by atoms with Crippen LogP contribution >= 0.6 is 0 Å². The highest BCUT2D eigenvalue weighted by atomic mass is 16.6. The van der Waals surface area contributed by atoms with Gasteiger partial charge in [0.2, 0.25) is 0 Å². The van der Waals surface area contributed by atoms with Crippen LogP contribution in [0, 0.1) is 6.92 Å². The van der Waals surface area contributed by atoms with Crippen molar-refractivity contribution >= 4 is 40.1 Å². The highest BCUT2D eigenvalue weighted by Crippen LogP contribution is 2.28. The van der Waals surface area contributed by atoms with Crippen LogP contribution in [0.1, 0.15) is 44.4 Å². The molecule has 0 bridgehead atoms. The maximum atomic E-state index is 12.6. The van der Waals surface area contributed by atoms with Gasteiger partial charge >= 0.3 is 6.09 Å². The van der Waals surface area contributed by atoms with Crippen LogP contribution in [0.5, 0.6) is 0 Å². The SMILES string of the molecule is Cc1cc(Nc2ncnc3ccc(N4CCN(C(=O)OC(C)(C)C)C[C@@H]4C)nc23)ccc1Cc1ccn2ncnc2c1. The molecule has 42 heavy (non-hydrogen) atoms. The lowest BCUT2D eigenvalue weighted by Crippen LogP contribution is -2.54. The van der Waals surface area contributed by atoms with E-state index >= 15 is 0 Å². The van der Waals surface area contributed by atoms with Gasteiger partial charge in [-0.2, -0.15) is 5.10 Å². The third kappa shape index (κ3) is 5.81. The monoisotopic (exact) mass is 565 g/mol. The smallest absolute Gasteiger partial charge is 0.410 e. The Morgan fingerprint density at radius 2 is 1.90 bits per heavy atom. The number of aromatic nitrogens is 6. The number of hydrogen-bond donors (Lipinski definition) is 1. The number of nitrogens with zero attached hydrogens (tertiary/aromatic N) is 8. The summed E-state index contributed by atoms with van der Waals surface area (Å²) in [7, 11) is 0. The maximum Gasteiger partial charge on any atom is 0.410 e. The number of benzene rings is 1. The van der Waals surface area contributed by atoms with E-state index in [1.807, 2.05) is 39.1 Å². The molecular weight excluding hydrogens is 530 g/mol. The number of fused-ring (bicyclic) bond motifs is 2. The Bertz CT molecular complexity index is 1760. The lowest BCUT2D eigenvalue weighted by atomic mass is 10.0.